The predicted octanol–water partition coefficient (Wildman–Crippen LogP) is 1.92. The molecule has 0 saturated carbocycles. The van der Waals surface area contributed by atoms with E-state index in [1.807, 2.05) is 37.3 Å². The lowest BCUT2D eigenvalue weighted by Crippen LogP contribution is -2.37. The Labute approximate surface area is 124 Å². The Morgan fingerprint density at radius 1 is 1.29 bits per heavy atom. The van der Waals surface area contributed by atoms with Crippen LogP contribution in [0.25, 0.3) is 0 Å². The molecule has 6 nitrogen and oxygen atoms in total. The first-order chi connectivity index (χ1) is 10.00. The summed E-state index contributed by atoms with van der Waals surface area (Å²) in [5.74, 6) is 0.497. The van der Waals surface area contributed by atoms with Crippen LogP contribution in [-0.2, 0) is 23.2 Å². The maximum absolute atomic E-state index is 12.0. The number of nitrogens with one attached hydrogen (secondary N) is 2. The zero-order chi connectivity index (χ0) is 15.3. The minimum Gasteiger partial charge on any atom is -0.359 e. The Balaban J connectivity index is 1.94. The van der Waals surface area contributed by atoms with Gasteiger partial charge in [-0.15, -0.1) is 0 Å². The molecule has 7 heteroatoms. The molecule has 2 aromatic rings. The highest BCUT2D eigenvalue weighted by molar-refractivity contribution is 7.87. The number of aryl methyl sites for hydroxylation is 1. The van der Waals surface area contributed by atoms with Gasteiger partial charge in [0.1, 0.15) is 0 Å². The summed E-state index contributed by atoms with van der Waals surface area (Å²) < 4.78 is 34.1. The monoisotopic (exact) mass is 309 g/mol. The van der Waals surface area contributed by atoms with Crippen molar-refractivity contribution in [2.75, 3.05) is 0 Å². The number of benzene rings is 1. The van der Waals surface area contributed by atoms with Crippen LogP contribution in [0.5, 0.6) is 0 Å². The molecule has 21 heavy (non-hydrogen) atoms. The highest BCUT2D eigenvalue weighted by Gasteiger charge is 2.18. The Hall–Kier alpha value is -1.70. The summed E-state index contributed by atoms with van der Waals surface area (Å²) in [6.07, 6.45) is 0.745. The van der Waals surface area contributed by atoms with Crippen molar-refractivity contribution in [3.63, 3.8) is 0 Å². The molecule has 0 unspecified atom stereocenters. The van der Waals surface area contributed by atoms with Crippen LogP contribution >= 0.6 is 0 Å². The van der Waals surface area contributed by atoms with Gasteiger partial charge in [0, 0.05) is 12.6 Å². The molecule has 1 heterocycles. The van der Waals surface area contributed by atoms with Crippen molar-refractivity contribution in [3.8, 4) is 0 Å². The van der Waals surface area contributed by atoms with E-state index in [1.165, 1.54) is 0 Å². The SMILES string of the molecule is CCc1cc([C@H](C)NS(=O)(=O)NCc2ccccc2)on1. The Bertz CT molecular complexity index is 668. The molecule has 0 aliphatic carbocycles. The molecule has 0 saturated heterocycles. The first-order valence-corrected chi connectivity index (χ1v) is 8.25. The summed E-state index contributed by atoms with van der Waals surface area (Å²) in [6, 6.07) is 10.6. The van der Waals surface area contributed by atoms with Gasteiger partial charge >= 0.3 is 0 Å². The summed E-state index contributed by atoms with van der Waals surface area (Å²) in [7, 11) is -3.61. The predicted molar refractivity (Wildman–Crippen MR) is 79.6 cm³/mol. The van der Waals surface area contributed by atoms with Crippen molar-refractivity contribution >= 4 is 10.2 Å². The molecule has 0 bridgehead atoms. The molecule has 0 radical (unpaired) electrons. The van der Waals surface area contributed by atoms with Crippen LogP contribution in [0.15, 0.2) is 40.9 Å². The van der Waals surface area contributed by atoms with E-state index < -0.39 is 16.3 Å². The number of hydrogen-bond acceptors (Lipinski definition) is 4. The van der Waals surface area contributed by atoms with E-state index in [0.717, 1.165) is 17.7 Å². The minimum atomic E-state index is -3.61. The van der Waals surface area contributed by atoms with Gasteiger partial charge in [-0.05, 0) is 18.9 Å². The summed E-state index contributed by atoms with van der Waals surface area (Å²) in [5, 5.41) is 3.85. The molecule has 1 aromatic heterocycles. The van der Waals surface area contributed by atoms with E-state index in [9.17, 15) is 8.42 Å². The molecule has 0 aliphatic rings. The first kappa shape index (κ1) is 15.7. The average Bonchev–Trinajstić information content (AvgIpc) is 2.95. The van der Waals surface area contributed by atoms with Crippen LogP contribution < -0.4 is 9.44 Å². The van der Waals surface area contributed by atoms with Crippen molar-refractivity contribution in [2.45, 2.75) is 32.9 Å². The highest BCUT2D eigenvalue weighted by atomic mass is 32.2. The van der Waals surface area contributed by atoms with Crippen LogP contribution in [0.2, 0.25) is 0 Å². The molecular weight excluding hydrogens is 290 g/mol. The van der Waals surface area contributed by atoms with Gasteiger partial charge in [0.2, 0.25) is 0 Å². The van der Waals surface area contributed by atoms with Gasteiger partial charge in [-0.3, -0.25) is 0 Å². The summed E-state index contributed by atoms with van der Waals surface area (Å²) >= 11 is 0. The molecule has 0 aliphatic heterocycles. The van der Waals surface area contributed by atoms with E-state index >= 15 is 0 Å². The summed E-state index contributed by atoms with van der Waals surface area (Å²) in [5.41, 5.74) is 1.69. The lowest BCUT2D eigenvalue weighted by molar-refractivity contribution is 0.355. The topological polar surface area (TPSA) is 84.2 Å². The zero-order valence-electron chi connectivity index (χ0n) is 12.0. The fourth-order valence-corrected chi connectivity index (χ4v) is 2.83. The van der Waals surface area contributed by atoms with Crippen molar-refractivity contribution in [2.24, 2.45) is 0 Å². The molecule has 0 spiro atoms. The number of hydrogen-bond donors (Lipinski definition) is 2. The molecule has 1 aromatic carbocycles. The molecule has 0 amide bonds. The first-order valence-electron chi connectivity index (χ1n) is 6.76. The Morgan fingerprint density at radius 2 is 2.00 bits per heavy atom. The third-order valence-electron chi connectivity index (χ3n) is 3.01. The third-order valence-corrected chi connectivity index (χ3v) is 4.20. The lowest BCUT2D eigenvalue weighted by Gasteiger charge is -2.12. The van der Waals surface area contributed by atoms with Crippen LogP contribution in [0.3, 0.4) is 0 Å². The smallest absolute Gasteiger partial charge is 0.277 e. The van der Waals surface area contributed by atoms with Gasteiger partial charge in [0.05, 0.1) is 11.7 Å². The van der Waals surface area contributed by atoms with Crippen molar-refractivity contribution in [3.05, 3.63) is 53.4 Å². The van der Waals surface area contributed by atoms with Gasteiger partial charge in [0.25, 0.3) is 10.2 Å². The lowest BCUT2D eigenvalue weighted by atomic mass is 10.2. The fourth-order valence-electron chi connectivity index (χ4n) is 1.81. The van der Waals surface area contributed by atoms with Crippen molar-refractivity contribution in [1.82, 2.24) is 14.6 Å². The summed E-state index contributed by atoms with van der Waals surface area (Å²) in [6.45, 7) is 3.90. The standard InChI is InChI=1S/C14H19N3O3S/c1-3-13-9-14(20-16-13)11(2)17-21(18,19)15-10-12-7-5-4-6-8-12/h4-9,11,15,17H,3,10H2,1-2H3/t11-/m0/s1. The van der Waals surface area contributed by atoms with Gasteiger partial charge < -0.3 is 4.52 Å². The van der Waals surface area contributed by atoms with E-state index in [4.69, 9.17) is 4.52 Å². The van der Waals surface area contributed by atoms with Crippen molar-refractivity contribution < 1.29 is 12.9 Å². The number of nitrogens with zero attached hydrogens (tertiary/aromatic N) is 1. The second-order valence-electron chi connectivity index (χ2n) is 4.72. The molecule has 114 valence electrons. The maximum atomic E-state index is 12.0. The van der Waals surface area contributed by atoms with Crippen LogP contribution in [0.1, 0.15) is 36.9 Å². The van der Waals surface area contributed by atoms with Gasteiger partial charge in [0.15, 0.2) is 5.76 Å². The average molecular weight is 309 g/mol. The molecule has 0 fully saturated rings. The molecule has 1 atom stereocenters. The van der Waals surface area contributed by atoms with E-state index in [0.29, 0.717) is 5.76 Å². The van der Waals surface area contributed by atoms with E-state index in [-0.39, 0.29) is 6.54 Å². The van der Waals surface area contributed by atoms with Crippen LogP contribution in [-0.4, -0.2) is 13.6 Å². The minimum absolute atomic E-state index is 0.236. The summed E-state index contributed by atoms with van der Waals surface area (Å²) in [4.78, 5) is 0. The van der Waals surface area contributed by atoms with E-state index in [1.54, 1.807) is 13.0 Å². The van der Waals surface area contributed by atoms with Crippen LogP contribution in [0, 0.1) is 0 Å². The van der Waals surface area contributed by atoms with Gasteiger partial charge in [-0.25, -0.2) is 0 Å². The fraction of sp³-hybridized carbons (Fsp3) is 0.357. The zero-order valence-corrected chi connectivity index (χ0v) is 12.9. The molecule has 2 N–H and O–H groups in total. The second kappa shape index (κ2) is 6.84. The van der Waals surface area contributed by atoms with Gasteiger partial charge in [-0.2, -0.15) is 17.9 Å². The largest absolute Gasteiger partial charge is 0.359 e. The van der Waals surface area contributed by atoms with Crippen molar-refractivity contribution in [1.29, 1.82) is 0 Å². The van der Waals surface area contributed by atoms with Crippen LogP contribution in [0.4, 0.5) is 0 Å². The highest BCUT2D eigenvalue weighted by Crippen LogP contribution is 2.14. The molecular formula is C14H19N3O3S. The normalized spacial score (nSPS) is 13.2. The number of rotatable bonds is 7. The molecule has 2 rings (SSSR count). The quantitative estimate of drug-likeness (QED) is 0.818. The maximum Gasteiger partial charge on any atom is 0.277 e. The Morgan fingerprint density at radius 3 is 2.62 bits per heavy atom. The van der Waals surface area contributed by atoms with E-state index in [2.05, 4.69) is 14.6 Å². The Kier molecular flexibility index (Phi) is 5.11. The van der Waals surface area contributed by atoms with Gasteiger partial charge in [-0.1, -0.05) is 42.4 Å². The third kappa shape index (κ3) is 4.66. The second-order valence-corrected chi connectivity index (χ2v) is 6.26. The number of aromatic nitrogens is 1.